The molecular weight excluding hydrogens is 424 g/mol. The fourth-order valence-electron chi connectivity index (χ4n) is 4.80. The Morgan fingerprint density at radius 2 is 1.74 bits per heavy atom. The second-order valence-corrected chi connectivity index (χ2v) is 9.42. The molecule has 1 aliphatic rings. The molecule has 0 bridgehead atoms. The van der Waals surface area contributed by atoms with Gasteiger partial charge in [-0.1, -0.05) is 63.6 Å². The van der Waals surface area contributed by atoms with E-state index in [9.17, 15) is 15.3 Å². The van der Waals surface area contributed by atoms with Gasteiger partial charge in [0.2, 0.25) is 0 Å². The molecule has 0 aromatic heterocycles. The number of hydrogen-bond donors (Lipinski definition) is 3. The lowest BCUT2D eigenvalue weighted by atomic mass is 9.84. The summed E-state index contributed by atoms with van der Waals surface area (Å²) in [5.74, 6) is 0.986. The maximum absolute atomic E-state index is 11.1. The standard InChI is InChI=1S/C30H40O4/c1-5-8-23-16-26(30(33,6-2)7-3)12-14-28(23)29-17-27(13-9-21(29)4)34-20-22-10-11-24(18-31)25(15-22)19-32/h9-14,16-17,22,31-33H,5-8,15,18-20H2,1-4H3/t22-/m1/s1. The quantitative estimate of drug-likeness (QED) is 0.390. The zero-order valence-corrected chi connectivity index (χ0v) is 21.1. The Balaban J connectivity index is 1.85. The molecule has 1 atom stereocenters. The van der Waals surface area contributed by atoms with Gasteiger partial charge in [-0.2, -0.15) is 0 Å². The Morgan fingerprint density at radius 1 is 0.971 bits per heavy atom. The molecule has 0 saturated heterocycles. The molecule has 34 heavy (non-hydrogen) atoms. The van der Waals surface area contributed by atoms with Crippen molar-refractivity contribution < 1.29 is 20.1 Å². The van der Waals surface area contributed by atoms with Crippen LogP contribution in [0.2, 0.25) is 0 Å². The molecular formula is C30H40O4. The lowest BCUT2D eigenvalue weighted by Gasteiger charge is -2.27. The van der Waals surface area contributed by atoms with Crippen LogP contribution in [0.15, 0.2) is 59.7 Å². The van der Waals surface area contributed by atoms with Gasteiger partial charge in [0.15, 0.2) is 0 Å². The predicted octanol–water partition coefficient (Wildman–Crippen LogP) is 5.86. The van der Waals surface area contributed by atoms with Gasteiger partial charge in [0, 0.05) is 5.92 Å². The molecule has 0 amide bonds. The van der Waals surface area contributed by atoms with Gasteiger partial charge in [0.05, 0.1) is 25.4 Å². The second kappa shape index (κ2) is 11.8. The van der Waals surface area contributed by atoms with Gasteiger partial charge in [-0.05, 0) is 83.7 Å². The maximum atomic E-state index is 11.1. The number of hydrogen-bond acceptors (Lipinski definition) is 4. The van der Waals surface area contributed by atoms with E-state index in [-0.39, 0.29) is 19.1 Å². The Labute approximate surface area is 204 Å². The highest BCUT2D eigenvalue weighted by molar-refractivity contribution is 5.72. The molecule has 0 saturated carbocycles. The molecule has 3 rings (SSSR count). The first-order valence-corrected chi connectivity index (χ1v) is 12.6. The van der Waals surface area contributed by atoms with Crippen LogP contribution in [-0.4, -0.2) is 35.1 Å². The van der Waals surface area contributed by atoms with E-state index in [1.54, 1.807) is 0 Å². The van der Waals surface area contributed by atoms with Crippen molar-refractivity contribution in [2.24, 2.45) is 5.92 Å². The first-order chi connectivity index (χ1) is 16.4. The highest BCUT2D eigenvalue weighted by Crippen LogP contribution is 2.36. The minimum Gasteiger partial charge on any atom is -0.493 e. The molecule has 2 aromatic rings. The lowest BCUT2D eigenvalue weighted by molar-refractivity contribution is 0.0283. The Bertz CT molecular complexity index is 1030. The van der Waals surface area contributed by atoms with Gasteiger partial charge in [-0.15, -0.1) is 0 Å². The molecule has 1 aliphatic carbocycles. The number of ether oxygens (including phenoxy) is 1. The monoisotopic (exact) mass is 464 g/mol. The summed E-state index contributed by atoms with van der Waals surface area (Å²) in [4.78, 5) is 0. The summed E-state index contributed by atoms with van der Waals surface area (Å²) < 4.78 is 6.18. The van der Waals surface area contributed by atoms with Crippen LogP contribution in [0.1, 0.15) is 63.1 Å². The Morgan fingerprint density at radius 3 is 2.38 bits per heavy atom. The van der Waals surface area contributed by atoms with E-state index in [1.807, 2.05) is 26.0 Å². The third kappa shape index (κ3) is 5.80. The average Bonchev–Trinajstić information content (AvgIpc) is 2.87. The van der Waals surface area contributed by atoms with Crippen molar-refractivity contribution in [2.75, 3.05) is 19.8 Å². The van der Waals surface area contributed by atoms with E-state index in [0.29, 0.717) is 25.9 Å². The zero-order valence-electron chi connectivity index (χ0n) is 21.1. The Hall–Kier alpha value is -2.40. The lowest BCUT2D eigenvalue weighted by Crippen LogP contribution is -2.23. The first kappa shape index (κ1) is 26.2. The van der Waals surface area contributed by atoms with Crippen molar-refractivity contribution in [3.05, 3.63) is 76.4 Å². The summed E-state index contributed by atoms with van der Waals surface area (Å²) in [5.41, 5.74) is 6.69. The maximum Gasteiger partial charge on any atom is 0.119 e. The van der Waals surface area contributed by atoms with Crippen LogP contribution < -0.4 is 4.74 Å². The topological polar surface area (TPSA) is 69.9 Å². The van der Waals surface area contributed by atoms with Crippen molar-refractivity contribution >= 4 is 0 Å². The molecule has 3 N–H and O–H groups in total. The van der Waals surface area contributed by atoms with E-state index in [1.165, 1.54) is 16.7 Å². The van der Waals surface area contributed by atoms with Crippen LogP contribution in [0, 0.1) is 12.8 Å². The van der Waals surface area contributed by atoms with Gasteiger partial charge >= 0.3 is 0 Å². The number of aliphatic hydroxyl groups excluding tert-OH is 2. The molecule has 4 heteroatoms. The van der Waals surface area contributed by atoms with Crippen LogP contribution in [0.25, 0.3) is 11.1 Å². The molecule has 0 unspecified atom stereocenters. The number of rotatable bonds is 11. The van der Waals surface area contributed by atoms with Gasteiger partial charge in [0.25, 0.3) is 0 Å². The van der Waals surface area contributed by atoms with E-state index >= 15 is 0 Å². The van der Waals surface area contributed by atoms with E-state index < -0.39 is 5.60 Å². The van der Waals surface area contributed by atoms with E-state index in [0.717, 1.165) is 40.9 Å². The van der Waals surface area contributed by atoms with Gasteiger partial charge in [-0.25, -0.2) is 0 Å². The zero-order chi connectivity index (χ0) is 24.7. The predicted molar refractivity (Wildman–Crippen MR) is 139 cm³/mol. The third-order valence-electron chi connectivity index (χ3n) is 7.19. The fraction of sp³-hybridized carbons (Fsp3) is 0.467. The molecule has 0 aliphatic heterocycles. The summed E-state index contributed by atoms with van der Waals surface area (Å²) in [6, 6.07) is 12.6. The summed E-state index contributed by atoms with van der Waals surface area (Å²) in [7, 11) is 0. The normalized spacial score (nSPS) is 16.3. The minimum atomic E-state index is -0.785. The van der Waals surface area contributed by atoms with E-state index in [2.05, 4.69) is 50.3 Å². The van der Waals surface area contributed by atoms with Crippen molar-refractivity contribution in [1.29, 1.82) is 0 Å². The molecule has 184 valence electrons. The average molecular weight is 465 g/mol. The molecule has 0 fully saturated rings. The molecule has 0 spiro atoms. The van der Waals surface area contributed by atoms with E-state index in [4.69, 9.17) is 4.74 Å². The van der Waals surface area contributed by atoms with Gasteiger partial charge in [-0.3, -0.25) is 0 Å². The van der Waals surface area contributed by atoms with Gasteiger partial charge < -0.3 is 20.1 Å². The van der Waals surface area contributed by atoms with Crippen molar-refractivity contribution in [2.45, 2.75) is 65.4 Å². The highest BCUT2D eigenvalue weighted by Gasteiger charge is 2.26. The molecule has 4 nitrogen and oxygen atoms in total. The first-order valence-electron chi connectivity index (χ1n) is 12.6. The van der Waals surface area contributed by atoms with Crippen molar-refractivity contribution in [3.63, 3.8) is 0 Å². The van der Waals surface area contributed by atoms with Crippen LogP contribution in [0.5, 0.6) is 5.75 Å². The van der Waals surface area contributed by atoms with Crippen LogP contribution >= 0.6 is 0 Å². The summed E-state index contributed by atoms with van der Waals surface area (Å²) in [5, 5.41) is 30.1. The number of benzene rings is 2. The van der Waals surface area contributed by atoms with Gasteiger partial charge in [0.1, 0.15) is 5.75 Å². The molecule has 0 radical (unpaired) electrons. The summed E-state index contributed by atoms with van der Waals surface area (Å²) in [6.45, 7) is 8.81. The third-order valence-corrected chi connectivity index (χ3v) is 7.19. The van der Waals surface area contributed by atoms with Crippen molar-refractivity contribution in [1.82, 2.24) is 0 Å². The highest BCUT2D eigenvalue weighted by atomic mass is 16.5. The molecule has 2 aromatic carbocycles. The Kier molecular flexibility index (Phi) is 9.12. The second-order valence-electron chi connectivity index (χ2n) is 9.42. The minimum absolute atomic E-state index is 0.0349. The number of aryl methyl sites for hydroxylation is 2. The largest absolute Gasteiger partial charge is 0.493 e. The fourth-order valence-corrected chi connectivity index (χ4v) is 4.80. The smallest absolute Gasteiger partial charge is 0.119 e. The summed E-state index contributed by atoms with van der Waals surface area (Å²) in [6.07, 6.45) is 8.02. The SMILES string of the molecule is CCCc1cc(C(O)(CC)CC)ccc1-c1cc(OC[C@@H]2C=CC(CO)=C(CO)C2)ccc1C. The van der Waals surface area contributed by atoms with Crippen molar-refractivity contribution in [3.8, 4) is 16.9 Å². The number of aliphatic hydroxyl groups is 3. The summed E-state index contributed by atoms with van der Waals surface area (Å²) >= 11 is 0. The van der Waals surface area contributed by atoms with Crippen LogP contribution in [0.3, 0.4) is 0 Å². The van der Waals surface area contributed by atoms with Crippen LogP contribution in [0.4, 0.5) is 0 Å². The van der Waals surface area contributed by atoms with Crippen LogP contribution in [-0.2, 0) is 12.0 Å². The molecule has 0 heterocycles.